The Morgan fingerprint density at radius 2 is 1.73 bits per heavy atom. The Balaban J connectivity index is 1.76. The van der Waals surface area contributed by atoms with Gasteiger partial charge in [-0.2, -0.15) is 0 Å². The SMILES string of the molecule is Fc1cc(OCc2ccccc2)ccc1-c1cnc(Br)nc1. The van der Waals surface area contributed by atoms with Gasteiger partial charge in [0.2, 0.25) is 0 Å². The van der Waals surface area contributed by atoms with Gasteiger partial charge in [-0.25, -0.2) is 14.4 Å². The average Bonchev–Trinajstić information content (AvgIpc) is 2.55. The molecule has 1 aromatic heterocycles. The second kappa shape index (κ2) is 6.66. The first-order valence-electron chi connectivity index (χ1n) is 6.66. The Hall–Kier alpha value is -2.27. The third kappa shape index (κ3) is 3.49. The zero-order chi connectivity index (χ0) is 15.4. The van der Waals surface area contributed by atoms with Crippen molar-refractivity contribution < 1.29 is 9.13 Å². The molecule has 0 unspecified atom stereocenters. The van der Waals surface area contributed by atoms with E-state index in [0.29, 0.717) is 28.2 Å². The lowest BCUT2D eigenvalue weighted by atomic mass is 10.1. The van der Waals surface area contributed by atoms with Crippen molar-refractivity contribution >= 4 is 15.9 Å². The van der Waals surface area contributed by atoms with E-state index in [1.54, 1.807) is 24.5 Å². The van der Waals surface area contributed by atoms with Crippen LogP contribution in [0.5, 0.6) is 5.75 Å². The molecule has 0 bridgehead atoms. The summed E-state index contributed by atoms with van der Waals surface area (Å²) in [4.78, 5) is 8.01. The van der Waals surface area contributed by atoms with Crippen molar-refractivity contribution in [3.05, 3.63) is 77.0 Å². The molecule has 0 aliphatic rings. The summed E-state index contributed by atoms with van der Waals surface area (Å²) in [6.07, 6.45) is 3.14. The highest BCUT2D eigenvalue weighted by atomic mass is 79.9. The molecule has 0 amide bonds. The molecule has 0 spiro atoms. The molecule has 0 aliphatic heterocycles. The highest BCUT2D eigenvalue weighted by Crippen LogP contribution is 2.26. The number of aromatic nitrogens is 2. The van der Waals surface area contributed by atoms with E-state index in [9.17, 15) is 4.39 Å². The van der Waals surface area contributed by atoms with Crippen LogP contribution in [0, 0.1) is 5.82 Å². The number of halogens is 2. The van der Waals surface area contributed by atoms with Gasteiger partial charge in [0.15, 0.2) is 4.73 Å². The van der Waals surface area contributed by atoms with Crippen LogP contribution in [0.2, 0.25) is 0 Å². The zero-order valence-electron chi connectivity index (χ0n) is 11.5. The van der Waals surface area contributed by atoms with Gasteiger partial charge in [-0.05, 0) is 33.6 Å². The van der Waals surface area contributed by atoms with Crippen LogP contribution < -0.4 is 4.74 Å². The topological polar surface area (TPSA) is 35.0 Å². The Bertz CT molecular complexity index is 763. The molecule has 2 aromatic carbocycles. The van der Waals surface area contributed by atoms with Crippen LogP contribution in [0.3, 0.4) is 0 Å². The van der Waals surface area contributed by atoms with Crippen LogP contribution >= 0.6 is 15.9 Å². The highest BCUT2D eigenvalue weighted by molar-refractivity contribution is 9.10. The van der Waals surface area contributed by atoms with Crippen molar-refractivity contribution in [1.82, 2.24) is 9.97 Å². The van der Waals surface area contributed by atoms with Gasteiger partial charge >= 0.3 is 0 Å². The molecule has 0 N–H and O–H groups in total. The van der Waals surface area contributed by atoms with Crippen LogP contribution in [-0.2, 0) is 6.61 Å². The van der Waals surface area contributed by atoms with Crippen LogP contribution in [0.25, 0.3) is 11.1 Å². The molecule has 3 aromatic rings. The number of hydrogen-bond donors (Lipinski definition) is 0. The van der Waals surface area contributed by atoms with E-state index < -0.39 is 0 Å². The van der Waals surface area contributed by atoms with E-state index in [2.05, 4.69) is 25.9 Å². The standard InChI is InChI=1S/C17H12BrFN2O/c18-17-20-9-13(10-21-17)15-7-6-14(8-16(15)19)22-11-12-4-2-1-3-5-12/h1-10H,11H2. The Labute approximate surface area is 135 Å². The summed E-state index contributed by atoms with van der Waals surface area (Å²) in [5.74, 6) is 0.125. The minimum absolute atomic E-state index is 0.364. The number of ether oxygens (including phenoxy) is 1. The minimum Gasteiger partial charge on any atom is -0.489 e. The van der Waals surface area contributed by atoms with Gasteiger partial charge in [0, 0.05) is 29.6 Å². The first kappa shape index (κ1) is 14.7. The van der Waals surface area contributed by atoms with E-state index in [1.807, 2.05) is 30.3 Å². The van der Waals surface area contributed by atoms with Crippen LogP contribution in [-0.4, -0.2) is 9.97 Å². The molecule has 0 saturated heterocycles. The Kier molecular flexibility index (Phi) is 4.44. The van der Waals surface area contributed by atoms with E-state index in [4.69, 9.17) is 4.74 Å². The van der Waals surface area contributed by atoms with E-state index in [1.165, 1.54) is 6.07 Å². The second-order valence-electron chi connectivity index (χ2n) is 4.66. The monoisotopic (exact) mass is 358 g/mol. The van der Waals surface area contributed by atoms with Crippen LogP contribution in [0.1, 0.15) is 5.56 Å². The largest absolute Gasteiger partial charge is 0.489 e. The van der Waals surface area contributed by atoms with Crippen LogP contribution in [0.15, 0.2) is 65.7 Å². The van der Waals surface area contributed by atoms with Crippen molar-refractivity contribution in [2.45, 2.75) is 6.61 Å². The van der Waals surface area contributed by atoms with Gasteiger partial charge in [-0.3, -0.25) is 0 Å². The molecule has 22 heavy (non-hydrogen) atoms. The molecule has 0 atom stereocenters. The van der Waals surface area contributed by atoms with E-state index >= 15 is 0 Å². The average molecular weight is 359 g/mol. The maximum atomic E-state index is 14.2. The molecular weight excluding hydrogens is 347 g/mol. The lowest BCUT2D eigenvalue weighted by Crippen LogP contribution is -1.96. The third-order valence-electron chi connectivity index (χ3n) is 3.12. The lowest BCUT2D eigenvalue weighted by molar-refractivity contribution is 0.304. The fourth-order valence-corrected chi connectivity index (χ4v) is 2.22. The van der Waals surface area contributed by atoms with Crippen molar-refractivity contribution in [2.75, 3.05) is 0 Å². The third-order valence-corrected chi connectivity index (χ3v) is 3.53. The van der Waals surface area contributed by atoms with Crippen molar-refractivity contribution in [3.8, 4) is 16.9 Å². The first-order valence-corrected chi connectivity index (χ1v) is 7.46. The number of benzene rings is 2. The summed E-state index contributed by atoms with van der Waals surface area (Å²) in [7, 11) is 0. The van der Waals surface area contributed by atoms with Gasteiger partial charge in [-0.15, -0.1) is 0 Å². The number of rotatable bonds is 4. The molecule has 3 nitrogen and oxygen atoms in total. The van der Waals surface area contributed by atoms with Crippen LogP contribution in [0.4, 0.5) is 4.39 Å². The van der Waals surface area contributed by atoms with Gasteiger partial charge in [0.1, 0.15) is 18.2 Å². The van der Waals surface area contributed by atoms with E-state index in [-0.39, 0.29) is 5.82 Å². The lowest BCUT2D eigenvalue weighted by Gasteiger charge is -2.08. The maximum absolute atomic E-state index is 14.2. The second-order valence-corrected chi connectivity index (χ2v) is 5.37. The molecule has 0 radical (unpaired) electrons. The molecular formula is C17H12BrFN2O. The van der Waals surface area contributed by atoms with E-state index in [0.717, 1.165) is 5.56 Å². The van der Waals surface area contributed by atoms with Crippen molar-refractivity contribution in [1.29, 1.82) is 0 Å². The summed E-state index contributed by atoms with van der Waals surface area (Å²) in [5.41, 5.74) is 2.10. The molecule has 3 rings (SSSR count). The van der Waals surface area contributed by atoms with Crippen molar-refractivity contribution in [2.24, 2.45) is 0 Å². The summed E-state index contributed by atoms with van der Waals surface area (Å²) in [5, 5.41) is 0. The summed E-state index contributed by atoms with van der Waals surface area (Å²) >= 11 is 3.15. The quantitative estimate of drug-likeness (QED) is 0.638. The molecule has 0 saturated carbocycles. The van der Waals surface area contributed by atoms with Gasteiger partial charge < -0.3 is 4.74 Å². The number of nitrogens with zero attached hydrogens (tertiary/aromatic N) is 2. The summed E-state index contributed by atoms with van der Waals surface area (Å²) < 4.78 is 20.3. The Morgan fingerprint density at radius 3 is 2.41 bits per heavy atom. The molecule has 110 valence electrons. The molecule has 1 heterocycles. The predicted molar refractivity (Wildman–Crippen MR) is 85.9 cm³/mol. The van der Waals surface area contributed by atoms with Gasteiger partial charge in [0.05, 0.1) is 0 Å². The van der Waals surface area contributed by atoms with Crippen molar-refractivity contribution in [3.63, 3.8) is 0 Å². The highest BCUT2D eigenvalue weighted by Gasteiger charge is 2.08. The summed E-state index contributed by atoms with van der Waals surface area (Å²) in [6.45, 7) is 0.404. The zero-order valence-corrected chi connectivity index (χ0v) is 13.1. The molecule has 0 fully saturated rings. The molecule has 5 heteroatoms. The summed E-state index contributed by atoms with van der Waals surface area (Å²) in [6, 6.07) is 14.5. The maximum Gasteiger partial charge on any atom is 0.196 e. The first-order chi connectivity index (χ1) is 10.7. The number of hydrogen-bond acceptors (Lipinski definition) is 3. The van der Waals surface area contributed by atoms with Gasteiger partial charge in [0.25, 0.3) is 0 Å². The fourth-order valence-electron chi connectivity index (χ4n) is 2.01. The Morgan fingerprint density at radius 1 is 1.00 bits per heavy atom. The molecule has 0 aliphatic carbocycles. The smallest absolute Gasteiger partial charge is 0.196 e. The minimum atomic E-state index is -0.364. The van der Waals surface area contributed by atoms with Gasteiger partial charge in [-0.1, -0.05) is 30.3 Å². The predicted octanol–water partition coefficient (Wildman–Crippen LogP) is 4.62. The normalized spacial score (nSPS) is 10.5. The fraction of sp³-hybridized carbons (Fsp3) is 0.0588.